The van der Waals surface area contributed by atoms with Crippen molar-refractivity contribution in [3.05, 3.63) is 64.7 Å². The number of rotatable bonds is 3. The molecule has 7 nitrogen and oxygen atoms in total. The summed E-state index contributed by atoms with van der Waals surface area (Å²) >= 11 is 6.21. The molecule has 0 unspecified atom stereocenters. The van der Waals surface area contributed by atoms with E-state index in [-0.39, 0.29) is 11.3 Å². The van der Waals surface area contributed by atoms with Gasteiger partial charge < -0.3 is 9.57 Å². The third-order valence-electron chi connectivity index (χ3n) is 4.51. The van der Waals surface area contributed by atoms with E-state index in [0.29, 0.717) is 16.3 Å². The Balaban J connectivity index is 1.76. The lowest BCUT2D eigenvalue weighted by molar-refractivity contribution is -0.126. The first-order valence-corrected chi connectivity index (χ1v) is 8.46. The Morgan fingerprint density at radius 1 is 1.11 bits per heavy atom. The van der Waals surface area contributed by atoms with Crippen molar-refractivity contribution in [1.29, 1.82) is 0 Å². The van der Waals surface area contributed by atoms with Crippen molar-refractivity contribution in [2.45, 2.75) is 6.10 Å². The molecule has 0 spiro atoms. The van der Waals surface area contributed by atoms with Gasteiger partial charge in [0, 0.05) is 10.6 Å². The first kappa shape index (κ1) is 17.2. The van der Waals surface area contributed by atoms with Crippen LogP contribution < -0.4 is 4.90 Å². The fourth-order valence-electron chi connectivity index (χ4n) is 3.26. The number of fused-ring (bicyclic) bond motifs is 1. The van der Waals surface area contributed by atoms with Crippen LogP contribution in [0.2, 0.25) is 5.02 Å². The lowest BCUT2D eigenvalue weighted by Crippen LogP contribution is -2.34. The molecule has 2 amide bonds. The minimum Gasteiger partial charge on any atom is -0.465 e. The van der Waals surface area contributed by atoms with Crippen molar-refractivity contribution < 1.29 is 24.0 Å². The van der Waals surface area contributed by atoms with E-state index >= 15 is 0 Å². The fourth-order valence-corrected chi connectivity index (χ4v) is 3.49. The Labute approximate surface area is 159 Å². The Kier molecular flexibility index (Phi) is 4.16. The second kappa shape index (κ2) is 6.51. The van der Waals surface area contributed by atoms with Crippen LogP contribution in [0.3, 0.4) is 0 Å². The average Bonchev–Trinajstić information content (AvgIpc) is 3.22. The van der Waals surface area contributed by atoms with Crippen LogP contribution >= 0.6 is 11.6 Å². The van der Waals surface area contributed by atoms with Crippen molar-refractivity contribution >= 4 is 40.8 Å². The number of ether oxygens (including phenoxy) is 1. The topological polar surface area (TPSA) is 85.3 Å². The number of carbonyl (C=O) groups is 3. The van der Waals surface area contributed by atoms with Crippen LogP contribution in [0, 0.1) is 5.92 Å². The van der Waals surface area contributed by atoms with E-state index in [1.807, 2.05) is 0 Å². The molecule has 0 saturated carbocycles. The summed E-state index contributed by atoms with van der Waals surface area (Å²) in [6, 6.07) is 13.1. The van der Waals surface area contributed by atoms with Gasteiger partial charge in [-0.2, -0.15) is 0 Å². The number of carbonyl (C=O) groups excluding carboxylic acids is 3. The fraction of sp³-hybridized carbons (Fsp3) is 0.158. The van der Waals surface area contributed by atoms with Gasteiger partial charge in [0.25, 0.3) is 5.91 Å². The molecule has 2 atom stereocenters. The molecule has 0 N–H and O–H groups in total. The number of hydrogen-bond acceptors (Lipinski definition) is 6. The molecule has 2 heterocycles. The van der Waals surface area contributed by atoms with Crippen LogP contribution in [0.1, 0.15) is 15.9 Å². The van der Waals surface area contributed by atoms with Gasteiger partial charge in [0.15, 0.2) is 0 Å². The van der Waals surface area contributed by atoms with Crippen molar-refractivity contribution in [3.63, 3.8) is 0 Å². The Morgan fingerprint density at radius 2 is 1.81 bits per heavy atom. The molecule has 0 radical (unpaired) electrons. The van der Waals surface area contributed by atoms with E-state index in [1.54, 1.807) is 36.4 Å². The van der Waals surface area contributed by atoms with E-state index in [2.05, 4.69) is 5.16 Å². The molecule has 0 aliphatic carbocycles. The molecule has 2 aliphatic heterocycles. The standard InChI is InChI=1S/C19H13ClN2O5/c1-26-19(25)11-7-3-5-9-13(11)22-17(23)14-15(21-27-16(14)18(22)24)10-6-2-4-8-12(10)20/h2-9,14,16H,1H3/t14-,16+/m1/s1. The van der Waals surface area contributed by atoms with E-state index in [0.717, 1.165) is 4.90 Å². The van der Waals surface area contributed by atoms with Gasteiger partial charge in [0.05, 0.1) is 18.4 Å². The van der Waals surface area contributed by atoms with Crippen LogP contribution in [0.4, 0.5) is 5.69 Å². The Morgan fingerprint density at radius 3 is 2.56 bits per heavy atom. The number of oxime groups is 1. The van der Waals surface area contributed by atoms with Gasteiger partial charge in [0.2, 0.25) is 12.0 Å². The average molecular weight is 385 g/mol. The van der Waals surface area contributed by atoms with Gasteiger partial charge in [-0.05, 0) is 18.2 Å². The minimum atomic E-state index is -1.09. The summed E-state index contributed by atoms with van der Waals surface area (Å²) in [5.41, 5.74) is 1.08. The zero-order valence-electron chi connectivity index (χ0n) is 14.1. The van der Waals surface area contributed by atoms with Gasteiger partial charge in [-0.1, -0.05) is 47.1 Å². The molecule has 0 aromatic heterocycles. The normalized spacial score (nSPS) is 21.0. The van der Waals surface area contributed by atoms with Crippen LogP contribution in [0.25, 0.3) is 0 Å². The summed E-state index contributed by atoms with van der Waals surface area (Å²) in [7, 11) is 1.23. The lowest BCUT2D eigenvalue weighted by atomic mass is 9.94. The van der Waals surface area contributed by atoms with E-state index in [4.69, 9.17) is 21.2 Å². The second-order valence-electron chi connectivity index (χ2n) is 5.98. The highest BCUT2D eigenvalue weighted by Gasteiger charge is 2.56. The number of benzene rings is 2. The molecule has 8 heteroatoms. The van der Waals surface area contributed by atoms with Gasteiger partial charge in [0.1, 0.15) is 11.6 Å². The molecule has 2 aromatic rings. The quantitative estimate of drug-likeness (QED) is 0.599. The Hall–Kier alpha value is -3.19. The number of esters is 1. The lowest BCUT2D eigenvalue weighted by Gasteiger charge is -2.18. The minimum absolute atomic E-state index is 0.109. The maximum Gasteiger partial charge on any atom is 0.339 e. The summed E-state index contributed by atoms with van der Waals surface area (Å²) in [4.78, 5) is 44.2. The predicted octanol–water partition coefficient (Wildman–Crippen LogP) is 2.42. The molecule has 1 saturated heterocycles. The van der Waals surface area contributed by atoms with Gasteiger partial charge in [-0.15, -0.1) is 0 Å². The third kappa shape index (κ3) is 2.59. The highest BCUT2D eigenvalue weighted by atomic mass is 35.5. The SMILES string of the molecule is COC(=O)c1ccccc1N1C(=O)[C@@H]2C(c3ccccc3Cl)=NO[C@@H]2C1=O. The van der Waals surface area contributed by atoms with Crippen LogP contribution in [-0.4, -0.2) is 36.7 Å². The molecule has 4 rings (SSSR count). The van der Waals surface area contributed by atoms with Crippen LogP contribution in [-0.2, 0) is 19.2 Å². The van der Waals surface area contributed by atoms with Gasteiger partial charge in [-0.25, -0.2) is 9.69 Å². The zero-order chi connectivity index (χ0) is 19.1. The number of para-hydroxylation sites is 1. The number of nitrogens with zero attached hydrogens (tertiary/aromatic N) is 2. The van der Waals surface area contributed by atoms with Crippen molar-refractivity contribution in [2.24, 2.45) is 11.1 Å². The molecule has 136 valence electrons. The van der Waals surface area contributed by atoms with Crippen molar-refractivity contribution in [2.75, 3.05) is 12.0 Å². The van der Waals surface area contributed by atoms with Gasteiger partial charge in [-0.3, -0.25) is 9.59 Å². The summed E-state index contributed by atoms with van der Waals surface area (Å²) in [5, 5.41) is 4.32. The summed E-state index contributed by atoms with van der Waals surface area (Å²) in [6.45, 7) is 0. The number of anilines is 1. The maximum absolute atomic E-state index is 13.1. The summed E-state index contributed by atoms with van der Waals surface area (Å²) in [6.07, 6.45) is -1.09. The number of hydrogen-bond donors (Lipinski definition) is 0. The number of amides is 2. The van der Waals surface area contributed by atoms with E-state index in [9.17, 15) is 14.4 Å². The van der Waals surface area contributed by atoms with Crippen molar-refractivity contribution in [3.8, 4) is 0 Å². The molecule has 0 bridgehead atoms. The largest absolute Gasteiger partial charge is 0.465 e. The highest BCUT2D eigenvalue weighted by Crippen LogP contribution is 2.37. The number of halogens is 1. The Bertz CT molecular complexity index is 1000. The van der Waals surface area contributed by atoms with E-state index in [1.165, 1.54) is 19.2 Å². The molecule has 1 fully saturated rings. The smallest absolute Gasteiger partial charge is 0.339 e. The predicted molar refractivity (Wildman–Crippen MR) is 96.6 cm³/mol. The molecule has 27 heavy (non-hydrogen) atoms. The second-order valence-corrected chi connectivity index (χ2v) is 6.39. The monoisotopic (exact) mass is 384 g/mol. The summed E-state index contributed by atoms with van der Waals surface area (Å²) in [5.74, 6) is -2.70. The zero-order valence-corrected chi connectivity index (χ0v) is 14.8. The highest BCUT2D eigenvalue weighted by molar-refractivity contribution is 6.38. The first-order valence-electron chi connectivity index (χ1n) is 8.08. The van der Waals surface area contributed by atoms with E-state index < -0.39 is 29.8 Å². The maximum atomic E-state index is 13.1. The number of imide groups is 1. The number of methoxy groups -OCH3 is 1. The first-order chi connectivity index (χ1) is 13.0. The van der Waals surface area contributed by atoms with Gasteiger partial charge >= 0.3 is 5.97 Å². The molecule has 2 aliphatic rings. The van der Waals surface area contributed by atoms with Crippen molar-refractivity contribution in [1.82, 2.24) is 0 Å². The molecular weight excluding hydrogens is 372 g/mol. The summed E-state index contributed by atoms with van der Waals surface area (Å²) < 4.78 is 4.75. The third-order valence-corrected chi connectivity index (χ3v) is 4.84. The molecular formula is C19H13ClN2O5. The molecule has 2 aromatic carbocycles. The van der Waals surface area contributed by atoms with Crippen LogP contribution in [0.15, 0.2) is 53.7 Å². The van der Waals surface area contributed by atoms with Crippen LogP contribution in [0.5, 0.6) is 0 Å².